The Balaban J connectivity index is 1.75. The Kier molecular flexibility index (Phi) is 3.97. The van der Waals surface area contributed by atoms with Crippen LogP contribution in [0.1, 0.15) is 15.9 Å². The van der Waals surface area contributed by atoms with Gasteiger partial charge in [0.15, 0.2) is 5.78 Å². The Labute approximate surface area is 127 Å². The third-order valence-corrected chi connectivity index (χ3v) is 3.20. The van der Waals surface area contributed by atoms with E-state index in [1.54, 1.807) is 48.5 Å². The summed E-state index contributed by atoms with van der Waals surface area (Å²) in [6, 6.07) is 21.8. The average molecular weight is 292 g/mol. The van der Waals surface area contributed by atoms with Crippen LogP contribution in [0.4, 0.5) is 4.39 Å². The number of ketones is 1. The van der Waals surface area contributed by atoms with E-state index < -0.39 is 0 Å². The van der Waals surface area contributed by atoms with Crippen LogP contribution in [0.2, 0.25) is 0 Å². The molecule has 2 nitrogen and oxygen atoms in total. The highest BCUT2D eigenvalue weighted by Crippen LogP contribution is 2.22. The van der Waals surface area contributed by atoms with Crippen molar-refractivity contribution in [3.05, 3.63) is 95.8 Å². The number of halogens is 1. The number of carbonyl (C=O) groups excluding carboxylic acids is 1. The van der Waals surface area contributed by atoms with Crippen molar-refractivity contribution in [2.75, 3.05) is 0 Å². The summed E-state index contributed by atoms with van der Waals surface area (Å²) in [5.41, 5.74) is 1.24. The van der Waals surface area contributed by atoms with Gasteiger partial charge in [0.05, 0.1) is 0 Å². The molecule has 108 valence electrons. The molecule has 3 rings (SSSR count). The van der Waals surface area contributed by atoms with Crippen molar-refractivity contribution in [2.24, 2.45) is 0 Å². The predicted molar refractivity (Wildman–Crippen MR) is 82.8 cm³/mol. The third kappa shape index (κ3) is 3.20. The third-order valence-electron chi connectivity index (χ3n) is 3.20. The summed E-state index contributed by atoms with van der Waals surface area (Å²) in [7, 11) is 0. The number of ether oxygens (including phenoxy) is 1. The second kappa shape index (κ2) is 6.22. The van der Waals surface area contributed by atoms with Crippen molar-refractivity contribution < 1.29 is 13.9 Å². The van der Waals surface area contributed by atoms with Gasteiger partial charge in [0, 0.05) is 11.1 Å². The molecule has 0 radical (unpaired) electrons. The summed E-state index contributed by atoms with van der Waals surface area (Å²) in [5, 5.41) is 0. The molecule has 0 N–H and O–H groups in total. The molecule has 0 aliphatic carbocycles. The molecule has 0 aliphatic rings. The summed E-state index contributed by atoms with van der Waals surface area (Å²) < 4.78 is 18.4. The van der Waals surface area contributed by atoms with E-state index in [-0.39, 0.29) is 11.6 Å². The molecule has 0 saturated heterocycles. The molecule has 0 spiro atoms. The highest BCUT2D eigenvalue weighted by atomic mass is 19.1. The molecule has 0 atom stereocenters. The van der Waals surface area contributed by atoms with Gasteiger partial charge in [-0.2, -0.15) is 0 Å². The van der Waals surface area contributed by atoms with Crippen molar-refractivity contribution in [2.45, 2.75) is 0 Å². The number of rotatable bonds is 4. The summed E-state index contributed by atoms with van der Waals surface area (Å²) in [6.07, 6.45) is 0. The minimum absolute atomic E-state index is 0.0334. The molecule has 3 aromatic rings. The van der Waals surface area contributed by atoms with Crippen LogP contribution in [0.15, 0.2) is 78.9 Å². The van der Waals surface area contributed by atoms with E-state index in [0.717, 1.165) is 0 Å². The van der Waals surface area contributed by atoms with Gasteiger partial charge in [-0.05, 0) is 48.5 Å². The number of hydrogen-bond acceptors (Lipinski definition) is 2. The zero-order chi connectivity index (χ0) is 15.4. The lowest BCUT2D eigenvalue weighted by molar-refractivity contribution is 0.103. The average Bonchev–Trinajstić information content (AvgIpc) is 2.58. The highest BCUT2D eigenvalue weighted by molar-refractivity contribution is 6.08. The molecule has 0 unspecified atom stereocenters. The first-order valence-corrected chi connectivity index (χ1v) is 6.85. The van der Waals surface area contributed by atoms with Crippen LogP contribution in [0.5, 0.6) is 11.5 Å². The zero-order valence-corrected chi connectivity index (χ0v) is 11.7. The number of benzene rings is 3. The van der Waals surface area contributed by atoms with Crippen molar-refractivity contribution in [1.29, 1.82) is 0 Å². The Morgan fingerprint density at radius 2 is 1.18 bits per heavy atom. The van der Waals surface area contributed by atoms with Gasteiger partial charge in [-0.15, -0.1) is 0 Å². The molecule has 0 aromatic heterocycles. The molecular formula is C19H13FO2. The van der Waals surface area contributed by atoms with Crippen LogP contribution >= 0.6 is 0 Å². The monoisotopic (exact) mass is 292 g/mol. The smallest absolute Gasteiger partial charge is 0.193 e. The minimum atomic E-state index is -0.309. The van der Waals surface area contributed by atoms with Crippen LogP contribution in [-0.2, 0) is 0 Å². The second-order valence-electron chi connectivity index (χ2n) is 4.78. The fourth-order valence-corrected chi connectivity index (χ4v) is 2.07. The van der Waals surface area contributed by atoms with Gasteiger partial charge < -0.3 is 4.74 Å². The topological polar surface area (TPSA) is 26.3 Å². The molecule has 22 heavy (non-hydrogen) atoms. The van der Waals surface area contributed by atoms with E-state index in [4.69, 9.17) is 4.74 Å². The van der Waals surface area contributed by atoms with Crippen molar-refractivity contribution >= 4 is 5.78 Å². The van der Waals surface area contributed by atoms with E-state index in [9.17, 15) is 9.18 Å². The summed E-state index contributed by atoms with van der Waals surface area (Å²) in [6.45, 7) is 0. The first kappa shape index (κ1) is 14.0. The largest absolute Gasteiger partial charge is 0.457 e. The molecule has 0 bridgehead atoms. The SMILES string of the molecule is O=C(c1ccccc1)c1ccc(Oc2ccc(F)cc2)cc1. The quantitative estimate of drug-likeness (QED) is 0.643. The van der Waals surface area contributed by atoms with Crippen molar-refractivity contribution in [3.63, 3.8) is 0 Å². The molecule has 0 fully saturated rings. The molecule has 0 saturated carbocycles. The van der Waals surface area contributed by atoms with Gasteiger partial charge in [-0.25, -0.2) is 4.39 Å². The molecule has 0 amide bonds. The van der Waals surface area contributed by atoms with Crippen LogP contribution in [-0.4, -0.2) is 5.78 Å². The van der Waals surface area contributed by atoms with Crippen molar-refractivity contribution in [3.8, 4) is 11.5 Å². The van der Waals surface area contributed by atoms with E-state index in [0.29, 0.717) is 22.6 Å². The van der Waals surface area contributed by atoms with Gasteiger partial charge in [0.2, 0.25) is 0 Å². The number of hydrogen-bond donors (Lipinski definition) is 0. The van der Waals surface area contributed by atoms with E-state index in [1.165, 1.54) is 12.1 Å². The maximum atomic E-state index is 12.8. The van der Waals surface area contributed by atoms with Crippen LogP contribution in [0, 0.1) is 5.82 Å². The summed E-state index contributed by atoms with van der Waals surface area (Å²) >= 11 is 0. The van der Waals surface area contributed by atoms with Gasteiger partial charge in [-0.3, -0.25) is 4.79 Å². The maximum Gasteiger partial charge on any atom is 0.193 e. The molecule has 3 aromatic carbocycles. The van der Waals surface area contributed by atoms with Gasteiger partial charge in [0.25, 0.3) is 0 Å². The van der Waals surface area contributed by atoms with Crippen molar-refractivity contribution in [1.82, 2.24) is 0 Å². The Hall–Kier alpha value is -2.94. The minimum Gasteiger partial charge on any atom is -0.457 e. The lowest BCUT2D eigenvalue weighted by Crippen LogP contribution is -2.00. The van der Waals surface area contributed by atoms with E-state index in [2.05, 4.69) is 0 Å². The lowest BCUT2D eigenvalue weighted by atomic mass is 10.0. The van der Waals surface area contributed by atoms with Gasteiger partial charge in [-0.1, -0.05) is 30.3 Å². The lowest BCUT2D eigenvalue weighted by Gasteiger charge is -2.06. The van der Waals surface area contributed by atoms with Crippen LogP contribution in [0.25, 0.3) is 0 Å². The highest BCUT2D eigenvalue weighted by Gasteiger charge is 2.08. The fraction of sp³-hybridized carbons (Fsp3) is 0. The molecular weight excluding hydrogens is 279 g/mol. The van der Waals surface area contributed by atoms with Gasteiger partial charge >= 0.3 is 0 Å². The first-order chi connectivity index (χ1) is 10.7. The Morgan fingerprint density at radius 3 is 1.77 bits per heavy atom. The fourth-order valence-electron chi connectivity index (χ4n) is 2.07. The van der Waals surface area contributed by atoms with Gasteiger partial charge in [0.1, 0.15) is 17.3 Å². The van der Waals surface area contributed by atoms with E-state index in [1.807, 2.05) is 18.2 Å². The molecule has 0 heterocycles. The Morgan fingerprint density at radius 1 is 0.682 bits per heavy atom. The summed E-state index contributed by atoms with van der Waals surface area (Å²) in [4.78, 5) is 12.3. The van der Waals surface area contributed by atoms with Crippen LogP contribution in [0.3, 0.4) is 0 Å². The zero-order valence-electron chi connectivity index (χ0n) is 11.7. The second-order valence-corrected chi connectivity index (χ2v) is 4.78. The number of carbonyl (C=O) groups is 1. The van der Waals surface area contributed by atoms with E-state index >= 15 is 0 Å². The summed E-state index contributed by atoms with van der Waals surface area (Å²) in [5.74, 6) is 0.796. The molecule has 0 aliphatic heterocycles. The standard InChI is InChI=1S/C19H13FO2/c20-16-8-12-18(13-9-16)22-17-10-6-15(7-11-17)19(21)14-4-2-1-3-5-14/h1-13H. The molecule has 3 heteroatoms. The van der Waals surface area contributed by atoms with Crippen LogP contribution < -0.4 is 4.74 Å². The maximum absolute atomic E-state index is 12.8. The normalized spacial score (nSPS) is 10.2. The first-order valence-electron chi connectivity index (χ1n) is 6.85. The Bertz CT molecular complexity index is 763. The predicted octanol–water partition coefficient (Wildman–Crippen LogP) is 4.85.